The SMILES string of the molecule is CON=C(C(=O)Nc1ccc(OC)cc1)c1c(-c2ccccc2)cc2ccccn12. The average molecular weight is 399 g/mol. The number of oxime groups is 1. The number of nitrogens with zero attached hydrogens (tertiary/aromatic N) is 2. The van der Waals surface area contributed by atoms with Crippen LogP contribution in [-0.4, -0.2) is 30.2 Å². The molecule has 2 aromatic heterocycles. The zero-order chi connectivity index (χ0) is 20.9. The van der Waals surface area contributed by atoms with Gasteiger partial charge in [-0.05, 0) is 48.0 Å². The van der Waals surface area contributed by atoms with Crippen LogP contribution in [0, 0.1) is 0 Å². The first-order valence-corrected chi connectivity index (χ1v) is 9.43. The number of hydrogen-bond acceptors (Lipinski definition) is 4. The van der Waals surface area contributed by atoms with E-state index < -0.39 is 0 Å². The van der Waals surface area contributed by atoms with Crippen molar-refractivity contribution in [2.45, 2.75) is 0 Å². The minimum Gasteiger partial charge on any atom is -0.497 e. The van der Waals surface area contributed by atoms with Crippen LogP contribution in [0.2, 0.25) is 0 Å². The molecule has 2 heterocycles. The fraction of sp³-hybridized carbons (Fsp3) is 0.0833. The summed E-state index contributed by atoms with van der Waals surface area (Å²) in [5.41, 5.74) is 4.29. The smallest absolute Gasteiger partial charge is 0.279 e. The number of nitrogens with one attached hydrogen (secondary N) is 1. The zero-order valence-corrected chi connectivity index (χ0v) is 16.7. The van der Waals surface area contributed by atoms with Gasteiger partial charge in [-0.25, -0.2) is 0 Å². The van der Waals surface area contributed by atoms with Crippen LogP contribution >= 0.6 is 0 Å². The second-order valence-corrected chi connectivity index (χ2v) is 6.57. The number of aromatic nitrogens is 1. The van der Waals surface area contributed by atoms with Crippen LogP contribution in [0.25, 0.3) is 16.6 Å². The molecule has 0 fully saturated rings. The van der Waals surface area contributed by atoms with Gasteiger partial charge in [-0.3, -0.25) is 4.79 Å². The number of amides is 1. The molecule has 6 nitrogen and oxygen atoms in total. The molecule has 0 aliphatic rings. The molecule has 0 unspecified atom stereocenters. The maximum absolute atomic E-state index is 13.2. The molecule has 0 radical (unpaired) electrons. The van der Waals surface area contributed by atoms with Crippen molar-refractivity contribution < 1.29 is 14.4 Å². The van der Waals surface area contributed by atoms with Crippen LogP contribution < -0.4 is 10.1 Å². The lowest BCUT2D eigenvalue weighted by atomic mass is 10.0. The second kappa shape index (κ2) is 8.53. The molecule has 6 heteroatoms. The highest BCUT2D eigenvalue weighted by Gasteiger charge is 2.24. The van der Waals surface area contributed by atoms with Gasteiger partial charge in [0, 0.05) is 23.0 Å². The maximum atomic E-state index is 13.2. The van der Waals surface area contributed by atoms with E-state index in [1.54, 1.807) is 31.4 Å². The van der Waals surface area contributed by atoms with E-state index >= 15 is 0 Å². The molecule has 2 aromatic carbocycles. The highest BCUT2D eigenvalue weighted by molar-refractivity contribution is 6.49. The molecule has 0 aliphatic heterocycles. The molecule has 150 valence electrons. The molecule has 30 heavy (non-hydrogen) atoms. The van der Waals surface area contributed by atoms with Crippen LogP contribution in [0.1, 0.15) is 5.69 Å². The Bertz CT molecular complexity index is 1200. The number of pyridine rings is 1. The molecule has 4 aromatic rings. The minimum atomic E-state index is -0.372. The van der Waals surface area contributed by atoms with Crippen molar-refractivity contribution in [1.29, 1.82) is 0 Å². The monoisotopic (exact) mass is 399 g/mol. The molecule has 0 saturated heterocycles. The number of anilines is 1. The third-order valence-corrected chi connectivity index (χ3v) is 4.73. The molecule has 1 amide bonds. The fourth-order valence-corrected chi connectivity index (χ4v) is 3.35. The summed E-state index contributed by atoms with van der Waals surface area (Å²) in [5, 5.41) is 6.98. The van der Waals surface area contributed by atoms with Crippen LogP contribution in [0.5, 0.6) is 5.75 Å². The summed E-state index contributed by atoms with van der Waals surface area (Å²) in [5.74, 6) is 0.339. The quantitative estimate of drug-likeness (QED) is 0.381. The molecule has 4 rings (SSSR count). The summed E-state index contributed by atoms with van der Waals surface area (Å²) in [6.45, 7) is 0. The fourth-order valence-electron chi connectivity index (χ4n) is 3.35. The molecule has 0 spiro atoms. The van der Waals surface area contributed by atoms with Crippen LogP contribution in [0.15, 0.2) is 90.2 Å². The summed E-state index contributed by atoms with van der Waals surface area (Å²) >= 11 is 0. The first-order valence-electron chi connectivity index (χ1n) is 9.43. The lowest BCUT2D eigenvalue weighted by Crippen LogP contribution is -2.26. The van der Waals surface area contributed by atoms with E-state index in [-0.39, 0.29) is 11.6 Å². The Morgan fingerprint density at radius 1 is 0.933 bits per heavy atom. The van der Waals surface area contributed by atoms with Crippen LogP contribution in [-0.2, 0) is 9.63 Å². The van der Waals surface area contributed by atoms with E-state index in [2.05, 4.69) is 10.5 Å². The molecule has 0 aliphatic carbocycles. The number of methoxy groups -OCH3 is 1. The highest BCUT2D eigenvalue weighted by Crippen LogP contribution is 2.29. The van der Waals surface area contributed by atoms with Gasteiger partial charge in [-0.2, -0.15) is 0 Å². The molecular weight excluding hydrogens is 378 g/mol. The predicted octanol–water partition coefficient (Wildman–Crippen LogP) is 4.60. The first kappa shape index (κ1) is 19.3. The number of hydrogen-bond donors (Lipinski definition) is 1. The second-order valence-electron chi connectivity index (χ2n) is 6.57. The standard InChI is InChI=1S/C24H21N3O3/c1-29-20-13-11-18(12-14-20)25-24(28)22(26-30-2)23-21(17-8-4-3-5-9-17)16-19-10-6-7-15-27(19)23/h3-16H,1-2H3,(H,25,28). The van der Waals surface area contributed by atoms with Gasteiger partial charge in [0.2, 0.25) is 0 Å². The van der Waals surface area contributed by atoms with Crippen molar-refractivity contribution in [3.8, 4) is 16.9 Å². The highest BCUT2D eigenvalue weighted by atomic mass is 16.6. The molecule has 1 N–H and O–H groups in total. The van der Waals surface area contributed by atoms with Gasteiger partial charge in [-0.1, -0.05) is 41.6 Å². The molecule has 0 atom stereocenters. The average Bonchev–Trinajstić information content (AvgIpc) is 3.18. The van der Waals surface area contributed by atoms with Crippen molar-refractivity contribution in [2.75, 3.05) is 19.5 Å². The number of ether oxygens (including phenoxy) is 1. The van der Waals surface area contributed by atoms with E-state index in [4.69, 9.17) is 9.57 Å². The van der Waals surface area contributed by atoms with Gasteiger partial charge in [0.25, 0.3) is 5.91 Å². The minimum absolute atomic E-state index is 0.179. The van der Waals surface area contributed by atoms with Crippen LogP contribution in [0.3, 0.4) is 0 Å². The number of benzene rings is 2. The van der Waals surface area contributed by atoms with Crippen LogP contribution in [0.4, 0.5) is 5.69 Å². The van der Waals surface area contributed by atoms with Crippen molar-refractivity contribution >= 4 is 22.8 Å². The van der Waals surface area contributed by atoms with E-state index in [1.165, 1.54) is 7.11 Å². The van der Waals surface area contributed by atoms with Gasteiger partial charge in [0.15, 0.2) is 5.71 Å². The van der Waals surface area contributed by atoms with Gasteiger partial charge >= 0.3 is 0 Å². The summed E-state index contributed by atoms with van der Waals surface area (Å²) in [6.07, 6.45) is 1.91. The Hall–Kier alpha value is -4.06. The van der Waals surface area contributed by atoms with Gasteiger partial charge in [0.1, 0.15) is 12.9 Å². The van der Waals surface area contributed by atoms with E-state index in [0.29, 0.717) is 17.1 Å². The largest absolute Gasteiger partial charge is 0.497 e. The summed E-state index contributed by atoms with van der Waals surface area (Å²) < 4.78 is 7.11. The maximum Gasteiger partial charge on any atom is 0.279 e. The zero-order valence-electron chi connectivity index (χ0n) is 16.7. The Balaban J connectivity index is 1.80. The predicted molar refractivity (Wildman–Crippen MR) is 118 cm³/mol. The number of carbonyl (C=O) groups is 1. The van der Waals surface area contributed by atoms with E-state index in [0.717, 1.165) is 16.6 Å². The van der Waals surface area contributed by atoms with Gasteiger partial charge < -0.3 is 19.3 Å². The van der Waals surface area contributed by atoms with E-state index in [1.807, 2.05) is 65.2 Å². The normalized spacial score (nSPS) is 11.3. The lowest BCUT2D eigenvalue weighted by molar-refractivity contribution is -0.110. The summed E-state index contributed by atoms with van der Waals surface area (Å²) in [7, 11) is 3.03. The third kappa shape index (κ3) is 3.75. The van der Waals surface area contributed by atoms with Gasteiger partial charge in [-0.15, -0.1) is 0 Å². The van der Waals surface area contributed by atoms with E-state index in [9.17, 15) is 4.79 Å². The molecule has 0 bridgehead atoms. The lowest BCUT2D eigenvalue weighted by Gasteiger charge is -2.11. The van der Waals surface area contributed by atoms with Gasteiger partial charge in [0.05, 0.1) is 12.8 Å². The Labute approximate surface area is 174 Å². The summed E-state index contributed by atoms with van der Waals surface area (Å²) in [4.78, 5) is 18.3. The number of carbonyl (C=O) groups excluding carboxylic acids is 1. The Kier molecular flexibility index (Phi) is 5.48. The Morgan fingerprint density at radius 3 is 2.37 bits per heavy atom. The summed E-state index contributed by atoms with van der Waals surface area (Å²) in [6, 6.07) is 24.9. The first-order chi connectivity index (χ1) is 14.7. The topological polar surface area (TPSA) is 64.3 Å². The third-order valence-electron chi connectivity index (χ3n) is 4.73. The molecular formula is C24H21N3O3. The van der Waals surface area contributed by atoms with Crippen molar-refractivity contribution in [1.82, 2.24) is 4.40 Å². The Morgan fingerprint density at radius 2 is 1.67 bits per heavy atom. The molecule has 0 saturated carbocycles. The number of fused-ring (bicyclic) bond motifs is 1. The van der Waals surface area contributed by atoms with Crippen molar-refractivity contribution in [2.24, 2.45) is 5.16 Å². The van der Waals surface area contributed by atoms with Crippen molar-refractivity contribution in [3.63, 3.8) is 0 Å². The number of rotatable bonds is 6. The van der Waals surface area contributed by atoms with Crippen molar-refractivity contribution in [3.05, 3.63) is 90.8 Å².